The molecule has 0 saturated carbocycles. The number of aryl methyl sites for hydroxylation is 1. The van der Waals surface area contributed by atoms with Crippen molar-refractivity contribution in [1.82, 2.24) is 20.3 Å². The number of pyridine rings is 1. The van der Waals surface area contributed by atoms with Crippen molar-refractivity contribution < 1.29 is 9.47 Å². The molecule has 0 radical (unpaired) electrons. The highest BCUT2D eigenvalue weighted by molar-refractivity contribution is 5.58. The van der Waals surface area contributed by atoms with Gasteiger partial charge in [-0.05, 0) is 49.2 Å². The maximum absolute atomic E-state index is 6.00. The predicted molar refractivity (Wildman–Crippen MR) is 115 cm³/mol. The lowest BCUT2D eigenvalue weighted by atomic mass is 10.2. The van der Waals surface area contributed by atoms with Crippen molar-refractivity contribution in [3.05, 3.63) is 60.6 Å². The summed E-state index contributed by atoms with van der Waals surface area (Å²) in [6.07, 6.45) is 6.44. The SMILES string of the molecule is Cc1ccc2c(c1)OCC(NC1CCN(c3nccc(-c4cccnc4)n3)C1)CO2. The third-order valence-electron chi connectivity index (χ3n) is 5.52. The van der Waals surface area contributed by atoms with E-state index in [0.29, 0.717) is 19.3 Å². The number of nitrogens with zero attached hydrogens (tertiary/aromatic N) is 4. The van der Waals surface area contributed by atoms with E-state index in [1.165, 1.54) is 5.56 Å². The van der Waals surface area contributed by atoms with Gasteiger partial charge in [0.2, 0.25) is 5.95 Å². The van der Waals surface area contributed by atoms with Crippen LogP contribution in [0.4, 0.5) is 5.95 Å². The number of anilines is 1. The van der Waals surface area contributed by atoms with E-state index in [-0.39, 0.29) is 6.04 Å². The zero-order chi connectivity index (χ0) is 20.3. The second-order valence-corrected chi connectivity index (χ2v) is 7.85. The van der Waals surface area contributed by atoms with Crippen molar-refractivity contribution in [2.45, 2.75) is 25.4 Å². The Morgan fingerprint density at radius 1 is 1.03 bits per heavy atom. The second kappa shape index (κ2) is 8.28. The Bertz CT molecular complexity index is 1010. The topological polar surface area (TPSA) is 72.4 Å². The van der Waals surface area contributed by atoms with Crippen molar-refractivity contribution in [3.63, 3.8) is 0 Å². The first-order valence-corrected chi connectivity index (χ1v) is 10.4. The fourth-order valence-electron chi connectivity index (χ4n) is 3.96. The molecule has 0 amide bonds. The average Bonchev–Trinajstić information content (AvgIpc) is 3.16. The van der Waals surface area contributed by atoms with Crippen LogP contribution in [0.15, 0.2) is 55.0 Å². The molecule has 3 aromatic rings. The number of hydrogen-bond donors (Lipinski definition) is 1. The number of aromatic nitrogens is 3. The van der Waals surface area contributed by atoms with E-state index in [4.69, 9.17) is 14.5 Å². The van der Waals surface area contributed by atoms with Crippen molar-refractivity contribution in [2.24, 2.45) is 0 Å². The molecular weight excluding hydrogens is 378 g/mol. The van der Waals surface area contributed by atoms with Crippen LogP contribution in [-0.2, 0) is 0 Å². The predicted octanol–water partition coefficient (Wildman–Crippen LogP) is 2.86. The molecule has 4 heterocycles. The van der Waals surface area contributed by atoms with Crippen LogP contribution in [0.5, 0.6) is 11.5 Å². The smallest absolute Gasteiger partial charge is 0.225 e. The lowest BCUT2D eigenvalue weighted by Crippen LogP contribution is -2.45. The van der Waals surface area contributed by atoms with Crippen LogP contribution in [0.3, 0.4) is 0 Å². The number of ether oxygens (including phenoxy) is 2. The zero-order valence-corrected chi connectivity index (χ0v) is 17.0. The van der Waals surface area contributed by atoms with E-state index in [2.05, 4.69) is 27.1 Å². The van der Waals surface area contributed by atoms with E-state index >= 15 is 0 Å². The van der Waals surface area contributed by atoms with Crippen LogP contribution in [-0.4, -0.2) is 53.3 Å². The molecule has 0 bridgehead atoms. The van der Waals surface area contributed by atoms with Crippen LogP contribution in [0.1, 0.15) is 12.0 Å². The molecule has 1 saturated heterocycles. The summed E-state index contributed by atoms with van der Waals surface area (Å²) in [5, 5.41) is 3.70. The van der Waals surface area contributed by atoms with Crippen molar-refractivity contribution in [1.29, 1.82) is 0 Å². The summed E-state index contributed by atoms with van der Waals surface area (Å²) < 4.78 is 12.0. The quantitative estimate of drug-likeness (QED) is 0.718. The van der Waals surface area contributed by atoms with Gasteiger partial charge in [-0.1, -0.05) is 6.07 Å². The minimum absolute atomic E-state index is 0.144. The highest BCUT2D eigenvalue weighted by Crippen LogP contribution is 2.30. The minimum Gasteiger partial charge on any atom is -0.488 e. The Kier molecular flexibility index (Phi) is 5.19. The Morgan fingerprint density at radius 3 is 2.80 bits per heavy atom. The summed E-state index contributed by atoms with van der Waals surface area (Å²) in [5.74, 6) is 2.41. The minimum atomic E-state index is 0.144. The van der Waals surface area contributed by atoms with Gasteiger partial charge in [-0.15, -0.1) is 0 Å². The molecule has 30 heavy (non-hydrogen) atoms. The Hall–Kier alpha value is -3.19. The van der Waals surface area contributed by atoms with Gasteiger partial charge < -0.3 is 19.7 Å². The van der Waals surface area contributed by atoms with E-state index in [9.17, 15) is 0 Å². The maximum atomic E-state index is 6.00. The maximum Gasteiger partial charge on any atom is 0.225 e. The van der Waals surface area contributed by atoms with Crippen molar-refractivity contribution in [2.75, 3.05) is 31.2 Å². The first kappa shape index (κ1) is 18.8. The van der Waals surface area contributed by atoms with Crippen LogP contribution in [0, 0.1) is 6.92 Å². The summed E-state index contributed by atoms with van der Waals surface area (Å²) in [6, 6.07) is 12.4. The van der Waals surface area contributed by atoms with E-state index in [0.717, 1.165) is 48.2 Å². The summed E-state index contributed by atoms with van der Waals surface area (Å²) in [4.78, 5) is 15.7. The lowest BCUT2D eigenvalue weighted by molar-refractivity contribution is 0.223. The van der Waals surface area contributed by atoms with Crippen molar-refractivity contribution >= 4 is 5.95 Å². The van der Waals surface area contributed by atoms with Gasteiger partial charge in [-0.25, -0.2) is 9.97 Å². The summed E-state index contributed by atoms with van der Waals surface area (Å²) in [6.45, 7) is 5.03. The molecule has 2 atom stereocenters. The Balaban J connectivity index is 1.21. The van der Waals surface area contributed by atoms with Gasteiger partial charge in [0.15, 0.2) is 11.5 Å². The van der Waals surface area contributed by atoms with Crippen LogP contribution in [0.2, 0.25) is 0 Å². The van der Waals surface area contributed by atoms with E-state index in [1.54, 1.807) is 6.20 Å². The number of fused-ring (bicyclic) bond motifs is 1. The third-order valence-corrected chi connectivity index (χ3v) is 5.52. The molecule has 1 aromatic carbocycles. The first-order valence-electron chi connectivity index (χ1n) is 10.4. The molecule has 1 fully saturated rings. The number of nitrogens with one attached hydrogen (secondary N) is 1. The first-order chi connectivity index (χ1) is 14.7. The van der Waals surface area contributed by atoms with E-state index < -0.39 is 0 Å². The number of rotatable bonds is 4. The molecule has 7 nitrogen and oxygen atoms in total. The Morgan fingerprint density at radius 2 is 1.93 bits per heavy atom. The molecule has 154 valence electrons. The molecule has 0 spiro atoms. The van der Waals surface area contributed by atoms with Gasteiger partial charge in [0.05, 0.1) is 11.7 Å². The molecule has 2 aromatic heterocycles. The number of benzene rings is 1. The number of hydrogen-bond acceptors (Lipinski definition) is 7. The molecular formula is C23H25N5O2. The van der Waals surface area contributed by atoms with Gasteiger partial charge >= 0.3 is 0 Å². The van der Waals surface area contributed by atoms with Gasteiger partial charge in [-0.3, -0.25) is 4.98 Å². The average molecular weight is 403 g/mol. The van der Waals surface area contributed by atoms with Crippen LogP contribution < -0.4 is 19.7 Å². The zero-order valence-electron chi connectivity index (χ0n) is 17.0. The van der Waals surface area contributed by atoms with Gasteiger partial charge in [0.25, 0.3) is 0 Å². The molecule has 2 unspecified atom stereocenters. The van der Waals surface area contributed by atoms with Gasteiger partial charge in [0.1, 0.15) is 13.2 Å². The monoisotopic (exact) mass is 403 g/mol. The standard InChI is InChI=1S/C23H25N5O2/c1-16-4-5-21-22(11-16)30-15-19(14-29-21)26-18-7-10-28(13-18)23-25-9-6-20(27-23)17-3-2-8-24-12-17/h2-6,8-9,11-12,18-19,26H,7,10,13-15H2,1H3. The highest BCUT2D eigenvalue weighted by atomic mass is 16.5. The Labute approximate surface area is 176 Å². The largest absolute Gasteiger partial charge is 0.488 e. The van der Waals surface area contributed by atoms with Gasteiger partial charge in [0, 0.05) is 43.3 Å². The third kappa shape index (κ3) is 4.07. The highest BCUT2D eigenvalue weighted by Gasteiger charge is 2.28. The normalized spacial score (nSPS) is 20.8. The molecule has 1 N–H and O–H groups in total. The molecule has 2 aliphatic rings. The van der Waals surface area contributed by atoms with Crippen LogP contribution in [0.25, 0.3) is 11.3 Å². The van der Waals surface area contributed by atoms with Crippen LogP contribution >= 0.6 is 0 Å². The summed E-state index contributed by atoms with van der Waals surface area (Å²) >= 11 is 0. The van der Waals surface area contributed by atoms with E-state index in [1.807, 2.05) is 48.8 Å². The summed E-state index contributed by atoms with van der Waals surface area (Å²) in [5.41, 5.74) is 3.06. The fraction of sp³-hybridized carbons (Fsp3) is 0.348. The molecule has 0 aliphatic carbocycles. The molecule has 5 rings (SSSR count). The van der Waals surface area contributed by atoms with Gasteiger partial charge in [-0.2, -0.15) is 0 Å². The fourth-order valence-corrected chi connectivity index (χ4v) is 3.96. The second-order valence-electron chi connectivity index (χ2n) is 7.85. The lowest BCUT2D eigenvalue weighted by Gasteiger charge is -2.21. The molecule has 7 heteroatoms. The summed E-state index contributed by atoms with van der Waals surface area (Å²) in [7, 11) is 0. The molecule has 2 aliphatic heterocycles. The van der Waals surface area contributed by atoms with Crippen molar-refractivity contribution in [3.8, 4) is 22.8 Å².